The second kappa shape index (κ2) is 5.86. The number of hydrogen-bond acceptors (Lipinski definition) is 4. The van der Waals surface area contributed by atoms with E-state index in [1.165, 1.54) is 18.2 Å². The molecule has 0 unspecified atom stereocenters. The summed E-state index contributed by atoms with van der Waals surface area (Å²) in [6.45, 7) is 0.413. The molecule has 5 nitrogen and oxygen atoms in total. The normalized spacial score (nSPS) is 10.1. The standard InChI is InChI=1S/C14H14N2O3/c17-11-2-1-3-12(18)13(11)14(19)16-9-6-10-4-7-15-8-5-10/h1-5,7-8,17-18H,6,9H2,(H,16,19). The molecule has 0 aliphatic heterocycles. The first-order valence-electron chi connectivity index (χ1n) is 5.86. The van der Waals surface area contributed by atoms with Gasteiger partial charge in [0, 0.05) is 18.9 Å². The number of hydrogen-bond donors (Lipinski definition) is 3. The van der Waals surface area contributed by atoms with Crippen molar-refractivity contribution in [2.24, 2.45) is 0 Å². The molecule has 2 rings (SSSR count). The number of carbonyl (C=O) groups is 1. The predicted molar refractivity (Wildman–Crippen MR) is 70.0 cm³/mol. The average Bonchev–Trinajstić information content (AvgIpc) is 2.40. The number of aromatic hydroxyl groups is 2. The van der Waals surface area contributed by atoms with E-state index in [4.69, 9.17) is 0 Å². The highest BCUT2D eigenvalue weighted by atomic mass is 16.3. The zero-order valence-corrected chi connectivity index (χ0v) is 10.2. The van der Waals surface area contributed by atoms with Gasteiger partial charge in [-0.2, -0.15) is 0 Å². The van der Waals surface area contributed by atoms with Crippen molar-refractivity contribution in [3.63, 3.8) is 0 Å². The largest absolute Gasteiger partial charge is 0.507 e. The van der Waals surface area contributed by atoms with Crippen LogP contribution in [-0.2, 0) is 6.42 Å². The van der Waals surface area contributed by atoms with Crippen molar-refractivity contribution in [1.82, 2.24) is 10.3 Å². The lowest BCUT2D eigenvalue weighted by Gasteiger charge is -2.08. The van der Waals surface area contributed by atoms with Crippen LogP contribution in [0.4, 0.5) is 0 Å². The summed E-state index contributed by atoms with van der Waals surface area (Å²) in [5.41, 5.74) is 0.953. The van der Waals surface area contributed by atoms with Crippen LogP contribution in [0.2, 0.25) is 0 Å². The molecule has 0 saturated heterocycles. The maximum atomic E-state index is 11.8. The smallest absolute Gasteiger partial charge is 0.258 e. The lowest BCUT2D eigenvalue weighted by molar-refractivity contribution is 0.0948. The molecule has 1 aromatic carbocycles. The molecule has 1 aromatic heterocycles. The van der Waals surface area contributed by atoms with E-state index in [0.29, 0.717) is 13.0 Å². The lowest BCUT2D eigenvalue weighted by atomic mass is 10.1. The number of phenolic OH excluding ortho intramolecular Hbond substituents is 2. The van der Waals surface area contributed by atoms with Crippen molar-refractivity contribution in [2.75, 3.05) is 6.54 Å². The third-order valence-electron chi connectivity index (χ3n) is 2.70. The van der Waals surface area contributed by atoms with Gasteiger partial charge in [-0.25, -0.2) is 0 Å². The van der Waals surface area contributed by atoms with Crippen LogP contribution in [0.1, 0.15) is 15.9 Å². The summed E-state index contributed by atoms with van der Waals surface area (Å²) in [6, 6.07) is 7.92. The fourth-order valence-corrected chi connectivity index (χ4v) is 1.72. The summed E-state index contributed by atoms with van der Waals surface area (Å²) in [7, 11) is 0. The number of rotatable bonds is 4. The van der Waals surface area contributed by atoms with Crippen LogP contribution in [0.5, 0.6) is 11.5 Å². The number of carbonyl (C=O) groups excluding carboxylic acids is 1. The van der Waals surface area contributed by atoms with Crippen LogP contribution in [0.15, 0.2) is 42.7 Å². The summed E-state index contributed by atoms with van der Waals surface area (Å²) in [5.74, 6) is -0.965. The van der Waals surface area contributed by atoms with Crippen LogP contribution < -0.4 is 5.32 Å². The Morgan fingerprint density at radius 1 is 1.11 bits per heavy atom. The van der Waals surface area contributed by atoms with Crippen molar-refractivity contribution in [3.8, 4) is 11.5 Å². The maximum Gasteiger partial charge on any atom is 0.258 e. The molecular formula is C14H14N2O3. The van der Waals surface area contributed by atoms with Gasteiger partial charge in [0.25, 0.3) is 5.91 Å². The number of benzene rings is 1. The molecule has 98 valence electrons. The van der Waals surface area contributed by atoms with Crippen molar-refractivity contribution in [2.45, 2.75) is 6.42 Å². The molecule has 0 atom stereocenters. The van der Waals surface area contributed by atoms with Gasteiger partial charge in [0.15, 0.2) is 0 Å². The van der Waals surface area contributed by atoms with Crippen LogP contribution >= 0.6 is 0 Å². The highest BCUT2D eigenvalue weighted by Crippen LogP contribution is 2.25. The molecule has 2 aromatic rings. The highest BCUT2D eigenvalue weighted by Gasteiger charge is 2.15. The number of nitrogens with one attached hydrogen (secondary N) is 1. The Morgan fingerprint density at radius 2 is 1.74 bits per heavy atom. The summed E-state index contributed by atoms with van der Waals surface area (Å²) in [5, 5.41) is 21.7. The van der Waals surface area contributed by atoms with E-state index in [9.17, 15) is 15.0 Å². The number of phenols is 2. The van der Waals surface area contributed by atoms with E-state index in [1.807, 2.05) is 12.1 Å². The van der Waals surface area contributed by atoms with Crippen LogP contribution in [0, 0.1) is 0 Å². The molecule has 0 saturated carbocycles. The van der Waals surface area contributed by atoms with Gasteiger partial charge in [0.1, 0.15) is 17.1 Å². The molecule has 0 spiro atoms. The molecule has 19 heavy (non-hydrogen) atoms. The number of amides is 1. The predicted octanol–water partition coefficient (Wildman–Crippen LogP) is 1.47. The van der Waals surface area contributed by atoms with Gasteiger partial charge in [-0.3, -0.25) is 9.78 Å². The molecule has 0 bridgehead atoms. The quantitative estimate of drug-likeness (QED) is 0.775. The van der Waals surface area contributed by atoms with Gasteiger partial charge in [-0.15, -0.1) is 0 Å². The zero-order chi connectivity index (χ0) is 13.7. The van der Waals surface area contributed by atoms with Crippen molar-refractivity contribution >= 4 is 5.91 Å². The third kappa shape index (κ3) is 3.22. The van der Waals surface area contributed by atoms with Crippen molar-refractivity contribution < 1.29 is 15.0 Å². The lowest BCUT2D eigenvalue weighted by Crippen LogP contribution is -2.25. The summed E-state index contributed by atoms with van der Waals surface area (Å²) < 4.78 is 0. The number of pyridine rings is 1. The molecule has 3 N–H and O–H groups in total. The molecule has 0 aliphatic rings. The minimum atomic E-state index is -0.496. The van der Waals surface area contributed by atoms with Gasteiger partial charge in [0.05, 0.1) is 0 Å². The Labute approximate surface area is 110 Å². The second-order valence-corrected chi connectivity index (χ2v) is 4.03. The van der Waals surface area contributed by atoms with E-state index in [2.05, 4.69) is 10.3 Å². The molecular weight excluding hydrogens is 244 g/mol. The van der Waals surface area contributed by atoms with E-state index in [-0.39, 0.29) is 17.1 Å². The Hall–Kier alpha value is -2.56. The summed E-state index contributed by atoms with van der Waals surface area (Å²) in [4.78, 5) is 15.7. The molecule has 1 amide bonds. The topological polar surface area (TPSA) is 82.5 Å². The first kappa shape index (κ1) is 12.9. The summed E-state index contributed by atoms with van der Waals surface area (Å²) >= 11 is 0. The Balaban J connectivity index is 1.95. The molecule has 0 radical (unpaired) electrons. The van der Waals surface area contributed by atoms with Gasteiger partial charge in [-0.1, -0.05) is 6.07 Å². The van der Waals surface area contributed by atoms with Crippen molar-refractivity contribution in [3.05, 3.63) is 53.9 Å². The van der Waals surface area contributed by atoms with E-state index in [0.717, 1.165) is 5.56 Å². The minimum Gasteiger partial charge on any atom is -0.507 e. The molecule has 1 heterocycles. The van der Waals surface area contributed by atoms with E-state index >= 15 is 0 Å². The fourth-order valence-electron chi connectivity index (χ4n) is 1.72. The van der Waals surface area contributed by atoms with E-state index < -0.39 is 5.91 Å². The van der Waals surface area contributed by atoms with Crippen LogP contribution in [0.25, 0.3) is 0 Å². The zero-order valence-electron chi connectivity index (χ0n) is 10.2. The molecule has 0 fully saturated rings. The van der Waals surface area contributed by atoms with Gasteiger partial charge < -0.3 is 15.5 Å². The van der Waals surface area contributed by atoms with Gasteiger partial charge >= 0.3 is 0 Å². The first-order chi connectivity index (χ1) is 9.18. The molecule has 5 heteroatoms. The maximum absolute atomic E-state index is 11.8. The van der Waals surface area contributed by atoms with Crippen molar-refractivity contribution in [1.29, 1.82) is 0 Å². The molecule has 0 aliphatic carbocycles. The summed E-state index contributed by atoms with van der Waals surface area (Å²) in [6.07, 6.45) is 4.03. The number of nitrogens with zero attached hydrogens (tertiary/aromatic N) is 1. The number of aromatic nitrogens is 1. The minimum absolute atomic E-state index is 0.0998. The SMILES string of the molecule is O=C(NCCc1ccncc1)c1c(O)cccc1O. The van der Waals surface area contributed by atoms with Gasteiger partial charge in [-0.05, 0) is 36.2 Å². The Morgan fingerprint density at radius 3 is 2.37 bits per heavy atom. The Kier molecular flexibility index (Phi) is 3.97. The van der Waals surface area contributed by atoms with Crippen LogP contribution in [-0.4, -0.2) is 27.6 Å². The monoisotopic (exact) mass is 258 g/mol. The Bertz CT molecular complexity index is 550. The van der Waals surface area contributed by atoms with E-state index in [1.54, 1.807) is 12.4 Å². The highest BCUT2D eigenvalue weighted by molar-refractivity contribution is 5.99. The van der Waals surface area contributed by atoms with Gasteiger partial charge in [0.2, 0.25) is 0 Å². The third-order valence-corrected chi connectivity index (χ3v) is 2.70. The second-order valence-electron chi connectivity index (χ2n) is 4.03. The first-order valence-corrected chi connectivity index (χ1v) is 5.86. The fraction of sp³-hybridized carbons (Fsp3) is 0.143. The average molecular weight is 258 g/mol. The van der Waals surface area contributed by atoms with Crippen LogP contribution in [0.3, 0.4) is 0 Å².